The van der Waals surface area contributed by atoms with Crippen molar-refractivity contribution < 1.29 is 37.0 Å². The van der Waals surface area contributed by atoms with Crippen molar-refractivity contribution in [2.24, 2.45) is 5.92 Å². The van der Waals surface area contributed by atoms with Crippen LogP contribution in [0.4, 0.5) is 10.1 Å². The van der Waals surface area contributed by atoms with E-state index in [0.29, 0.717) is 25.4 Å². The summed E-state index contributed by atoms with van der Waals surface area (Å²) in [5, 5.41) is 12.8. The molecule has 11 nitrogen and oxygen atoms in total. The molecule has 2 aliphatic heterocycles. The molecule has 2 amide bonds. The molecule has 2 aromatic carbocycles. The number of nitrogens with one attached hydrogen (secondary N) is 1. The molecule has 2 N–H and O–H groups in total. The number of likely N-dealkylation sites (N-methyl/N-ethyl adjacent to an activating group) is 1. The summed E-state index contributed by atoms with van der Waals surface area (Å²) in [6.45, 7) is 6.89. The lowest BCUT2D eigenvalue weighted by Gasteiger charge is -2.38. The van der Waals surface area contributed by atoms with Gasteiger partial charge in [0.25, 0.3) is 5.91 Å². The predicted octanol–water partition coefficient (Wildman–Crippen LogP) is 2.03. The number of carbonyl (C=O) groups is 2. The number of fused-ring (bicyclic) bond motifs is 1. The van der Waals surface area contributed by atoms with Crippen molar-refractivity contribution >= 4 is 27.5 Å². The third kappa shape index (κ3) is 7.64. The number of hydrogen-bond acceptors (Lipinski definition) is 8. The van der Waals surface area contributed by atoms with E-state index in [4.69, 9.17) is 9.47 Å². The van der Waals surface area contributed by atoms with Crippen molar-refractivity contribution in [3.8, 4) is 5.75 Å². The fraction of sp³-hybridized carbons (Fsp3) is 0.517. The van der Waals surface area contributed by atoms with Crippen LogP contribution in [0, 0.1) is 11.7 Å². The van der Waals surface area contributed by atoms with Crippen LogP contribution in [0.5, 0.6) is 5.75 Å². The van der Waals surface area contributed by atoms with Crippen molar-refractivity contribution in [2.75, 3.05) is 64.9 Å². The van der Waals surface area contributed by atoms with Crippen molar-refractivity contribution in [2.45, 2.75) is 37.3 Å². The molecule has 13 heteroatoms. The van der Waals surface area contributed by atoms with Crippen LogP contribution in [0.3, 0.4) is 0 Å². The molecular weight excluding hydrogens is 567 g/mol. The van der Waals surface area contributed by atoms with E-state index in [1.54, 1.807) is 25.1 Å². The molecule has 3 atom stereocenters. The van der Waals surface area contributed by atoms with E-state index in [1.165, 1.54) is 24.1 Å². The number of morpholine rings is 1. The molecule has 1 saturated heterocycles. The number of amides is 2. The van der Waals surface area contributed by atoms with Gasteiger partial charge in [0.1, 0.15) is 17.7 Å². The van der Waals surface area contributed by atoms with Crippen LogP contribution < -0.4 is 10.1 Å². The molecule has 0 unspecified atom stereocenters. The molecule has 2 heterocycles. The smallest absolute Gasteiger partial charge is 0.258 e. The third-order valence-electron chi connectivity index (χ3n) is 7.67. The molecule has 230 valence electrons. The van der Waals surface area contributed by atoms with Gasteiger partial charge in [-0.15, -0.1) is 0 Å². The second-order valence-electron chi connectivity index (χ2n) is 10.8. The zero-order chi connectivity index (χ0) is 30.4. The summed E-state index contributed by atoms with van der Waals surface area (Å²) in [7, 11) is -2.53. The van der Waals surface area contributed by atoms with Crippen molar-refractivity contribution in [1.29, 1.82) is 0 Å². The fourth-order valence-electron chi connectivity index (χ4n) is 4.96. The maximum Gasteiger partial charge on any atom is 0.258 e. The van der Waals surface area contributed by atoms with Crippen molar-refractivity contribution in [1.82, 2.24) is 14.1 Å². The Hall–Kier alpha value is -3.10. The Balaban J connectivity index is 1.55. The molecule has 2 aromatic rings. The van der Waals surface area contributed by atoms with Gasteiger partial charge in [-0.05, 0) is 49.4 Å². The predicted molar refractivity (Wildman–Crippen MR) is 154 cm³/mol. The standard InChI is InChI=1S/C29H39FN4O7S/c1-20-17-34(21(2)19-35)29(37)25-16-23(31-28(36)10-11-33-12-14-40-15-13-33)6-9-26(25)41-27(20)18-32(3)42(38,39)24-7-4-22(30)5-8-24/h4-9,16,20-21,27,35H,10-15,17-19H2,1-3H3,(H,31,36)/t20-,21-,27-/m1/s1. The monoisotopic (exact) mass is 606 g/mol. The van der Waals surface area contributed by atoms with Gasteiger partial charge in [-0.3, -0.25) is 14.5 Å². The highest BCUT2D eigenvalue weighted by molar-refractivity contribution is 7.89. The number of halogens is 1. The number of carbonyl (C=O) groups excluding carboxylic acids is 2. The van der Waals surface area contributed by atoms with Crippen LogP contribution in [0.1, 0.15) is 30.6 Å². The minimum atomic E-state index is -3.95. The summed E-state index contributed by atoms with van der Waals surface area (Å²) in [5.74, 6) is -1.18. The molecule has 1 fully saturated rings. The first-order valence-corrected chi connectivity index (χ1v) is 15.5. The number of rotatable bonds is 10. The number of benzene rings is 2. The summed E-state index contributed by atoms with van der Waals surface area (Å²) >= 11 is 0. The summed E-state index contributed by atoms with van der Waals surface area (Å²) in [5.41, 5.74) is 0.623. The van der Waals surface area contributed by atoms with E-state index >= 15 is 0 Å². The van der Waals surface area contributed by atoms with E-state index < -0.39 is 28.0 Å². The number of hydrogen-bond donors (Lipinski definition) is 2. The molecule has 0 saturated carbocycles. The van der Waals surface area contributed by atoms with E-state index in [9.17, 15) is 27.5 Å². The van der Waals surface area contributed by atoms with Gasteiger partial charge in [-0.2, -0.15) is 4.31 Å². The lowest BCUT2D eigenvalue weighted by molar-refractivity contribution is -0.116. The van der Waals surface area contributed by atoms with Crippen molar-refractivity contribution in [3.63, 3.8) is 0 Å². The molecule has 4 rings (SSSR count). The largest absolute Gasteiger partial charge is 0.488 e. The van der Waals surface area contributed by atoms with E-state index in [1.807, 2.05) is 6.92 Å². The Bertz CT molecular complexity index is 1350. The third-order valence-corrected chi connectivity index (χ3v) is 9.50. The molecule has 0 spiro atoms. The van der Waals surface area contributed by atoms with E-state index in [0.717, 1.165) is 29.5 Å². The number of sulfonamides is 1. The van der Waals surface area contributed by atoms with Gasteiger partial charge in [0.05, 0.1) is 42.9 Å². The van der Waals surface area contributed by atoms with Crippen LogP contribution >= 0.6 is 0 Å². The number of ether oxygens (including phenoxy) is 2. The minimum absolute atomic E-state index is 0.0458. The molecule has 0 aromatic heterocycles. The highest BCUT2D eigenvalue weighted by Crippen LogP contribution is 2.31. The van der Waals surface area contributed by atoms with Crippen LogP contribution in [0.25, 0.3) is 0 Å². The Kier molecular flexibility index (Phi) is 10.5. The number of nitrogens with zero attached hydrogens (tertiary/aromatic N) is 3. The van der Waals surface area contributed by atoms with Gasteiger partial charge in [-0.25, -0.2) is 12.8 Å². The molecule has 0 aliphatic carbocycles. The molecule has 0 radical (unpaired) electrons. The second kappa shape index (κ2) is 13.9. The maximum absolute atomic E-state index is 13.7. The Morgan fingerprint density at radius 2 is 1.88 bits per heavy atom. The first-order valence-electron chi connectivity index (χ1n) is 14.0. The summed E-state index contributed by atoms with van der Waals surface area (Å²) < 4.78 is 52.6. The SMILES string of the molecule is C[C@@H]1CN([C@H](C)CO)C(=O)c2cc(NC(=O)CCN3CCOCC3)ccc2O[C@@H]1CN(C)S(=O)(=O)c1ccc(F)cc1. The Morgan fingerprint density at radius 3 is 2.55 bits per heavy atom. The normalized spacial score (nSPS) is 20.8. The number of anilines is 1. The number of aliphatic hydroxyl groups excluding tert-OH is 1. The average molecular weight is 607 g/mol. The molecule has 2 aliphatic rings. The van der Waals surface area contributed by atoms with Gasteiger partial charge in [0, 0.05) is 51.3 Å². The quantitative estimate of drug-likeness (QED) is 0.421. The highest BCUT2D eigenvalue weighted by atomic mass is 32.2. The number of aliphatic hydroxyl groups is 1. The van der Waals surface area contributed by atoms with Gasteiger partial charge in [-0.1, -0.05) is 6.92 Å². The first kappa shape index (κ1) is 31.8. The summed E-state index contributed by atoms with van der Waals surface area (Å²) in [4.78, 5) is 30.0. The van der Waals surface area contributed by atoms with Crippen LogP contribution in [-0.2, 0) is 19.6 Å². The van der Waals surface area contributed by atoms with Gasteiger partial charge >= 0.3 is 0 Å². The van der Waals surface area contributed by atoms with Gasteiger partial charge < -0.3 is 24.8 Å². The first-order chi connectivity index (χ1) is 20.0. The van der Waals surface area contributed by atoms with Crippen LogP contribution in [0.2, 0.25) is 0 Å². The summed E-state index contributed by atoms with van der Waals surface area (Å²) in [6.07, 6.45) is -0.386. The minimum Gasteiger partial charge on any atom is -0.488 e. The zero-order valence-corrected chi connectivity index (χ0v) is 25.0. The molecule has 42 heavy (non-hydrogen) atoms. The van der Waals surface area contributed by atoms with Gasteiger partial charge in [0.2, 0.25) is 15.9 Å². The Labute approximate surface area is 246 Å². The maximum atomic E-state index is 13.7. The van der Waals surface area contributed by atoms with E-state index in [2.05, 4.69) is 10.2 Å². The summed E-state index contributed by atoms with van der Waals surface area (Å²) in [6, 6.07) is 8.85. The molecular formula is C29H39FN4O7S. The zero-order valence-electron chi connectivity index (χ0n) is 24.2. The van der Waals surface area contributed by atoms with Gasteiger partial charge in [0.15, 0.2) is 0 Å². The fourth-order valence-corrected chi connectivity index (χ4v) is 6.15. The van der Waals surface area contributed by atoms with Crippen molar-refractivity contribution in [3.05, 3.63) is 53.8 Å². The second-order valence-corrected chi connectivity index (χ2v) is 12.9. The van der Waals surface area contributed by atoms with Crippen LogP contribution in [-0.4, -0.2) is 111 Å². The van der Waals surface area contributed by atoms with E-state index in [-0.39, 0.29) is 60.1 Å². The lowest BCUT2D eigenvalue weighted by atomic mass is 9.99. The average Bonchev–Trinajstić information content (AvgIpc) is 2.98. The lowest BCUT2D eigenvalue weighted by Crippen LogP contribution is -2.50. The van der Waals surface area contributed by atoms with Crippen LogP contribution in [0.15, 0.2) is 47.4 Å². The topological polar surface area (TPSA) is 129 Å². The Morgan fingerprint density at radius 1 is 1.19 bits per heavy atom. The molecule has 0 bridgehead atoms. The highest BCUT2D eigenvalue weighted by Gasteiger charge is 2.35.